The summed E-state index contributed by atoms with van der Waals surface area (Å²) in [6.45, 7) is 0.120. The van der Waals surface area contributed by atoms with E-state index in [1.54, 1.807) is 0 Å². The Morgan fingerprint density at radius 1 is 1.17 bits per heavy atom. The summed E-state index contributed by atoms with van der Waals surface area (Å²) in [5.74, 6) is -0.678. The quantitative estimate of drug-likeness (QED) is 0.231. The second-order valence-electron chi connectivity index (χ2n) is 5.20. The first-order chi connectivity index (χ1) is 11.2. The molecule has 10 nitrogen and oxygen atoms in total. The molecular formula is C13H22O10S. The third-order valence-electron chi connectivity index (χ3n) is 3.06. The Hall–Kier alpha value is -1.05. The number of ether oxygens (including phenoxy) is 2. The molecule has 5 N–H and O–H groups in total. The van der Waals surface area contributed by atoms with Gasteiger partial charge in [-0.1, -0.05) is 0 Å². The van der Waals surface area contributed by atoms with Gasteiger partial charge in [-0.15, -0.1) is 0 Å². The average Bonchev–Trinajstić information content (AvgIpc) is 2.94. The van der Waals surface area contributed by atoms with Gasteiger partial charge in [-0.25, -0.2) is 0 Å². The van der Waals surface area contributed by atoms with Crippen LogP contribution in [0.2, 0.25) is 0 Å². The number of hydrogen-bond acceptors (Lipinski definition) is 9. The molecule has 1 aromatic rings. The van der Waals surface area contributed by atoms with E-state index in [-0.39, 0.29) is 24.3 Å². The maximum Gasteiger partial charge on any atom is 0.269 e. The van der Waals surface area contributed by atoms with E-state index in [0.717, 1.165) is 6.26 Å². The predicted molar refractivity (Wildman–Crippen MR) is 79.3 cm³/mol. The van der Waals surface area contributed by atoms with Crippen LogP contribution in [0.5, 0.6) is 0 Å². The molecule has 11 heteroatoms. The smallest absolute Gasteiger partial charge is 0.269 e. The fourth-order valence-electron chi connectivity index (χ4n) is 1.75. The molecule has 3 unspecified atom stereocenters. The van der Waals surface area contributed by atoms with Crippen molar-refractivity contribution < 1.29 is 47.3 Å². The molecule has 0 aromatic carbocycles. The summed E-state index contributed by atoms with van der Waals surface area (Å²) in [5, 5.41) is 37.3. The molecule has 0 saturated heterocycles. The summed E-state index contributed by atoms with van der Waals surface area (Å²) in [4.78, 5) is 0. The van der Waals surface area contributed by atoms with Crippen molar-refractivity contribution in [2.75, 3.05) is 13.2 Å². The zero-order valence-corrected chi connectivity index (χ0v) is 13.8. The maximum atomic E-state index is 10.9. The van der Waals surface area contributed by atoms with Crippen molar-refractivity contribution in [3.63, 3.8) is 0 Å². The molecule has 0 fully saturated rings. The van der Waals surface area contributed by atoms with Gasteiger partial charge in [0.05, 0.1) is 38.5 Å². The highest BCUT2D eigenvalue weighted by Crippen LogP contribution is 2.18. The first-order valence-electron chi connectivity index (χ1n) is 7.02. The van der Waals surface area contributed by atoms with Crippen molar-refractivity contribution in [1.29, 1.82) is 0 Å². The Morgan fingerprint density at radius 3 is 2.33 bits per heavy atom. The summed E-state index contributed by atoms with van der Waals surface area (Å²) in [5.41, 5.74) is 0.437. The van der Waals surface area contributed by atoms with Gasteiger partial charge in [-0.3, -0.25) is 4.55 Å². The van der Waals surface area contributed by atoms with Crippen molar-refractivity contribution >= 4 is 10.1 Å². The van der Waals surface area contributed by atoms with Gasteiger partial charge in [0.1, 0.15) is 18.0 Å². The third kappa shape index (κ3) is 6.83. The van der Waals surface area contributed by atoms with Crippen molar-refractivity contribution in [3.05, 3.63) is 23.7 Å². The molecule has 0 spiro atoms. The number of furan rings is 1. The van der Waals surface area contributed by atoms with Gasteiger partial charge in [-0.05, 0) is 6.92 Å². The Morgan fingerprint density at radius 2 is 1.79 bits per heavy atom. The minimum atomic E-state index is -4.27. The van der Waals surface area contributed by atoms with E-state index in [9.17, 15) is 18.6 Å². The third-order valence-corrected chi connectivity index (χ3v) is 3.73. The van der Waals surface area contributed by atoms with Crippen molar-refractivity contribution in [2.24, 2.45) is 0 Å². The monoisotopic (exact) mass is 370 g/mol. The Labute approximate surface area is 139 Å². The molecule has 0 bridgehead atoms. The molecule has 4 atom stereocenters. The lowest BCUT2D eigenvalue weighted by molar-refractivity contribution is -0.242. The van der Waals surface area contributed by atoms with Crippen molar-refractivity contribution in [3.8, 4) is 0 Å². The molecule has 0 aliphatic rings. The highest BCUT2D eigenvalue weighted by atomic mass is 32.2. The van der Waals surface area contributed by atoms with Crippen LogP contribution in [-0.2, 0) is 32.0 Å². The zero-order chi connectivity index (χ0) is 18.3. The zero-order valence-electron chi connectivity index (χ0n) is 13.0. The highest BCUT2D eigenvalue weighted by Gasteiger charge is 2.29. The van der Waals surface area contributed by atoms with Crippen LogP contribution < -0.4 is 0 Å². The minimum absolute atomic E-state index is 0.156. The largest absolute Gasteiger partial charge is 0.472 e. The lowest BCUT2D eigenvalue weighted by Gasteiger charge is -2.28. The molecule has 140 valence electrons. The maximum absolute atomic E-state index is 10.9. The summed E-state index contributed by atoms with van der Waals surface area (Å²) >= 11 is 0. The molecule has 0 aliphatic heterocycles. The van der Waals surface area contributed by atoms with Gasteiger partial charge < -0.3 is 34.3 Å². The van der Waals surface area contributed by atoms with Crippen LogP contribution in [0.1, 0.15) is 18.1 Å². The predicted octanol–water partition coefficient (Wildman–Crippen LogP) is -1.38. The van der Waals surface area contributed by atoms with Crippen LogP contribution >= 0.6 is 0 Å². The van der Waals surface area contributed by atoms with Crippen LogP contribution in [0.4, 0.5) is 0 Å². The number of aliphatic hydroxyl groups is 4. The SMILES string of the molecule is CC(CO)O[C@@H](OCc1cocc1CS(=O)(=O)O)C(O)C(O)CO. The molecule has 0 amide bonds. The Bertz CT molecular complexity index is 583. The summed E-state index contributed by atoms with van der Waals surface area (Å²) in [7, 11) is -4.27. The van der Waals surface area contributed by atoms with E-state index in [0.29, 0.717) is 0 Å². The molecule has 1 rings (SSSR count). The van der Waals surface area contributed by atoms with Gasteiger partial charge in [0.15, 0.2) is 6.29 Å². The molecular weight excluding hydrogens is 348 g/mol. The number of rotatable bonds is 11. The minimum Gasteiger partial charge on any atom is -0.472 e. The van der Waals surface area contributed by atoms with E-state index >= 15 is 0 Å². The summed E-state index contributed by atoms with van der Waals surface area (Å²) in [6, 6.07) is 0. The highest BCUT2D eigenvalue weighted by molar-refractivity contribution is 7.85. The lowest BCUT2D eigenvalue weighted by atomic mass is 10.2. The molecule has 0 saturated carbocycles. The van der Waals surface area contributed by atoms with Gasteiger partial charge in [0.25, 0.3) is 10.1 Å². The van der Waals surface area contributed by atoms with E-state index in [2.05, 4.69) is 0 Å². The lowest BCUT2D eigenvalue weighted by Crippen LogP contribution is -2.44. The van der Waals surface area contributed by atoms with Gasteiger partial charge >= 0.3 is 0 Å². The van der Waals surface area contributed by atoms with E-state index in [1.807, 2.05) is 0 Å². The molecule has 1 aromatic heterocycles. The van der Waals surface area contributed by atoms with Crippen molar-refractivity contribution in [2.45, 2.75) is 43.9 Å². The second kappa shape index (κ2) is 9.44. The standard InChI is InChI=1S/C13H22O10S/c1-8(2-14)23-13(12(17)11(16)3-15)22-6-9-4-21-5-10(9)7-24(18,19)20/h4-5,8,11-17H,2-3,6-7H2,1H3,(H,18,19,20)/t8?,11?,12?,13-/m1/s1. The molecule has 1 heterocycles. The summed E-state index contributed by atoms with van der Waals surface area (Å²) < 4.78 is 46.1. The van der Waals surface area contributed by atoms with E-state index in [1.165, 1.54) is 13.2 Å². The fourth-order valence-corrected chi connectivity index (χ4v) is 2.40. The Balaban J connectivity index is 2.79. The van der Waals surface area contributed by atoms with Gasteiger partial charge in [-0.2, -0.15) is 8.42 Å². The van der Waals surface area contributed by atoms with Crippen LogP contribution in [0.15, 0.2) is 16.9 Å². The molecule has 24 heavy (non-hydrogen) atoms. The number of hydrogen-bond donors (Lipinski definition) is 5. The number of aliphatic hydroxyl groups excluding tert-OH is 4. The Kier molecular flexibility index (Phi) is 8.26. The van der Waals surface area contributed by atoms with Crippen LogP contribution in [-0.4, -0.2) is 71.2 Å². The molecule has 0 aliphatic carbocycles. The summed E-state index contributed by atoms with van der Waals surface area (Å²) in [6.07, 6.45) is -2.96. The first-order valence-corrected chi connectivity index (χ1v) is 8.62. The van der Waals surface area contributed by atoms with Crippen LogP contribution in [0.25, 0.3) is 0 Å². The normalized spacial score (nSPS) is 17.4. The van der Waals surface area contributed by atoms with Crippen LogP contribution in [0, 0.1) is 0 Å². The molecule has 0 radical (unpaired) electrons. The van der Waals surface area contributed by atoms with Gasteiger partial charge in [0.2, 0.25) is 0 Å². The van der Waals surface area contributed by atoms with Crippen LogP contribution in [0.3, 0.4) is 0 Å². The van der Waals surface area contributed by atoms with E-state index in [4.69, 9.17) is 28.7 Å². The van der Waals surface area contributed by atoms with Gasteiger partial charge in [0, 0.05) is 11.1 Å². The average molecular weight is 370 g/mol. The van der Waals surface area contributed by atoms with Crippen molar-refractivity contribution in [1.82, 2.24) is 0 Å². The first kappa shape index (κ1) is 21.0. The second-order valence-corrected chi connectivity index (χ2v) is 6.65. The fraction of sp³-hybridized carbons (Fsp3) is 0.692. The topological polar surface area (TPSA) is 167 Å². The van der Waals surface area contributed by atoms with E-state index < -0.39 is 47.1 Å².